The van der Waals surface area contributed by atoms with E-state index >= 15 is 0 Å². The minimum Gasteiger partial charge on any atom is -0.340 e. The van der Waals surface area contributed by atoms with Gasteiger partial charge in [0.2, 0.25) is 5.91 Å². The molecule has 1 atom stereocenters. The Morgan fingerprint density at radius 2 is 2.00 bits per heavy atom. The fraction of sp³-hybridized carbons (Fsp3) is 0.474. The summed E-state index contributed by atoms with van der Waals surface area (Å²) in [7, 11) is 6.07. The van der Waals surface area contributed by atoms with Crippen LogP contribution in [0, 0.1) is 0 Å². The van der Waals surface area contributed by atoms with Crippen LogP contribution in [0.2, 0.25) is 0 Å². The summed E-state index contributed by atoms with van der Waals surface area (Å²) >= 11 is 0. The molecule has 6 nitrogen and oxygen atoms in total. The van der Waals surface area contributed by atoms with E-state index in [-0.39, 0.29) is 5.91 Å². The normalized spacial score (nSPS) is 18.0. The van der Waals surface area contributed by atoms with Crippen LogP contribution in [0.4, 0.5) is 0 Å². The summed E-state index contributed by atoms with van der Waals surface area (Å²) in [5.41, 5.74) is 2.06. The third-order valence-corrected chi connectivity index (χ3v) is 4.84. The zero-order valence-corrected chi connectivity index (χ0v) is 15.3. The molecule has 0 saturated carbocycles. The van der Waals surface area contributed by atoms with E-state index in [1.165, 1.54) is 0 Å². The molecule has 0 bridgehead atoms. The van der Waals surface area contributed by atoms with Crippen molar-refractivity contribution in [2.75, 3.05) is 40.8 Å². The molecule has 25 heavy (non-hydrogen) atoms. The molecule has 1 aromatic heterocycles. The molecule has 0 spiro atoms. The van der Waals surface area contributed by atoms with Crippen LogP contribution in [0.5, 0.6) is 0 Å². The highest BCUT2D eigenvalue weighted by Gasteiger charge is 2.26. The molecule has 0 N–H and O–H groups in total. The number of hydrogen-bond donors (Lipinski definition) is 0. The number of hydrogen-bond acceptors (Lipinski definition) is 4. The second-order valence-corrected chi connectivity index (χ2v) is 7.02. The lowest BCUT2D eigenvalue weighted by molar-refractivity contribution is -0.131. The monoisotopic (exact) mass is 341 g/mol. The number of amides is 1. The van der Waals surface area contributed by atoms with Crippen LogP contribution in [0.25, 0.3) is 5.69 Å². The van der Waals surface area contributed by atoms with Gasteiger partial charge in [-0.1, -0.05) is 18.2 Å². The number of carbonyl (C=O) groups is 1. The van der Waals surface area contributed by atoms with Crippen molar-refractivity contribution < 1.29 is 4.79 Å². The third kappa shape index (κ3) is 4.46. The van der Waals surface area contributed by atoms with Crippen LogP contribution in [0.1, 0.15) is 12.0 Å². The average molecular weight is 341 g/mol. The van der Waals surface area contributed by atoms with Gasteiger partial charge in [-0.25, -0.2) is 4.68 Å². The molecular formula is C19H27N5O. The molecular weight excluding hydrogens is 314 g/mol. The maximum absolute atomic E-state index is 12.5. The van der Waals surface area contributed by atoms with Crippen molar-refractivity contribution in [3.63, 3.8) is 0 Å². The lowest BCUT2D eigenvalue weighted by atomic mass is 10.2. The topological polar surface area (TPSA) is 44.6 Å². The lowest BCUT2D eigenvalue weighted by Crippen LogP contribution is -2.38. The number of nitrogens with zero attached hydrogens (tertiary/aromatic N) is 5. The van der Waals surface area contributed by atoms with Crippen molar-refractivity contribution in [1.82, 2.24) is 24.5 Å². The maximum atomic E-state index is 12.5. The van der Waals surface area contributed by atoms with Gasteiger partial charge in [-0.05, 0) is 32.6 Å². The maximum Gasteiger partial charge on any atom is 0.236 e. The molecule has 0 aliphatic carbocycles. The van der Waals surface area contributed by atoms with Gasteiger partial charge in [0, 0.05) is 44.5 Å². The predicted molar refractivity (Wildman–Crippen MR) is 98.6 cm³/mol. The van der Waals surface area contributed by atoms with Gasteiger partial charge < -0.3 is 9.80 Å². The summed E-state index contributed by atoms with van der Waals surface area (Å²) in [6.45, 7) is 3.04. The third-order valence-electron chi connectivity index (χ3n) is 4.84. The molecule has 1 amide bonds. The molecule has 2 aromatic rings. The lowest BCUT2D eigenvalue weighted by Gasteiger charge is -2.22. The van der Waals surface area contributed by atoms with Crippen LogP contribution in [-0.4, -0.2) is 77.2 Å². The van der Waals surface area contributed by atoms with Crippen LogP contribution in [0.3, 0.4) is 0 Å². The van der Waals surface area contributed by atoms with Gasteiger partial charge in [0.05, 0.1) is 18.4 Å². The Balaban J connectivity index is 1.53. The van der Waals surface area contributed by atoms with Gasteiger partial charge in [0.25, 0.3) is 0 Å². The number of para-hydroxylation sites is 1. The Morgan fingerprint density at radius 3 is 2.68 bits per heavy atom. The highest BCUT2D eigenvalue weighted by molar-refractivity contribution is 5.78. The molecule has 0 radical (unpaired) electrons. The molecule has 1 aliphatic heterocycles. The number of rotatable bonds is 6. The summed E-state index contributed by atoms with van der Waals surface area (Å²) in [5.74, 6) is 0.159. The highest BCUT2D eigenvalue weighted by atomic mass is 16.2. The van der Waals surface area contributed by atoms with Gasteiger partial charge >= 0.3 is 0 Å². The van der Waals surface area contributed by atoms with Crippen LogP contribution in [-0.2, 0) is 11.3 Å². The van der Waals surface area contributed by atoms with Crippen molar-refractivity contribution >= 4 is 5.91 Å². The van der Waals surface area contributed by atoms with Gasteiger partial charge in [-0.15, -0.1) is 0 Å². The Bertz CT molecular complexity index is 697. The summed E-state index contributed by atoms with van der Waals surface area (Å²) in [4.78, 5) is 18.8. The van der Waals surface area contributed by atoms with E-state index in [0.29, 0.717) is 19.1 Å². The number of aromatic nitrogens is 2. The van der Waals surface area contributed by atoms with Crippen molar-refractivity contribution in [2.24, 2.45) is 0 Å². The minimum atomic E-state index is 0.159. The van der Waals surface area contributed by atoms with Crippen molar-refractivity contribution in [3.05, 3.63) is 48.3 Å². The Hall–Kier alpha value is -2.18. The Kier molecular flexibility index (Phi) is 5.50. The zero-order valence-electron chi connectivity index (χ0n) is 15.3. The van der Waals surface area contributed by atoms with E-state index in [9.17, 15) is 4.79 Å². The van der Waals surface area contributed by atoms with Gasteiger partial charge in [-0.3, -0.25) is 9.69 Å². The number of likely N-dealkylation sites (N-methyl/N-ethyl adjacent to an activating group) is 2. The van der Waals surface area contributed by atoms with Gasteiger partial charge in [-0.2, -0.15) is 5.10 Å². The summed E-state index contributed by atoms with van der Waals surface area (Å²) in [6, 6.07) is 10.6. The number of benzene rings is 1. The summed E-state index contributed by atoms with van der Waals surface area (Å²) < 4.78 is 1.84. The Morgan fingerprint density at radius 1 is 1.24 bits per heavy atom. The standard InChI is InChI=1S/C19H27N5O/c1-21(2)18-9-10-23(14-18)15-19(25)22(3)12-16-11-20-24(13-16)17-7-5-4-6-8-17/h4-8,11,13,18H,9-10,12,14-15H2,1-3H3/t18-/m1/s1. The fourth-order valence-corrected chi connectivity index (χ4v) is 3.22. The SMILES string of the molecule is CN(Cc1cnn(-c2ccccc2)c1)C(=O)CN1CC[C@@H](N(C)C)C1. The molecule has 1 saturated heterocycles. The number of carbonyl (C=O) groups excluding carboxylic acids is 1. The largest absolute Gasteiger partial charge is 0.340 e. The van der Waals surface area contributed by atoms with E-state index in [4.69, 9.17) is 0 Å². The van der Waals surface area contributed by atoms with Crippen LogP contribution in [0.15, 0.2) is 42.7 Å². The second-order valence-electron chi connectivity index (χ2n) is 7.02. The minimum absolute atomic E-state index is 0.159. The quantitative estimate of drug-likeness (QED) is 0.798. The first kappa shape index (κ1) is 17.6. The van der Waals surface area contributed by atoms with E-state index in [0.717, 1.165) is 30.8 Å². The first-order valence-electron chi connectivity index (χ1n) is 8.74. The molecule has 2 heterocycles. The van der Waals surface area contributed by atoms with E-state index in [2.05, 4.69) is 29.0 Å². The molecule has 1 fully saturated rings. The molecule has 134 valence electrons. The highest BCUT2D eigenvalue weighted by Crippen LogP contribution is 2.14. The molecule has 1 aromatic carbocycles. The summed E-state index contributed by atoms with van der Waals surface area (Å²) in [6.07, 6.45) is 4.94. The van der Waals surface area contributed by atoms with Gasteiger partial charge in [0.15, 0.2) is 0 Å². The predicted octanol–water partition coefficient (Wildman–Crippen LogP) is 1.47. The zero-order chi connectivity index (χ0) is 17.8. The molecule has 1 aliphatic rings. The van der Waals surface area contributed by atoms with Crippen molar-refractivity contribution in [3.8, 4) is 5.69 Å². The summed E-state index contributed by atoms with van der Waals surface area (Å²) in [5, 5.41) is 4.39. The van der Waals surface area contributed by atoms with Gasteiger partial charge in [0.1, 0.15) is 0 Å². The second kappa shape index (κ2) is 7.80. The van der Waals surface area contributed by atoms with E-state index in [1.54, 1.807) is 4.90 Å². The first-order chi connectivity index (χ1) is 12.0. The van der Waals surface area contributed by atoms with Crippen LogP contribution >= 0.6 is 0 Å². The molecule has 6 heteroatoms. The smallest absolute Gasteiger partial charge is 0.236 e. The van der Waals surface area contributed by atoms with Crippen molar-refractivity contribution in [1.29, 1.82) is 0 Å². The molecule has 3 rings (SSSR count). The fourth-order valence-electron chi connectivity index (χ4n) is 3.22. The van der Waals surface area contributed by atoms with E-state index < -0.39 is 0 Å². The van der Waals surface area contributed by atoms with Crippen LogP contribution < -0.4 is 0 Å². The Labute approximate surface area is 149 Å². The first-order valence-corrected chi connectivity index (χ1v) is 8.74. The molecule has 0 unspecified atom stereocenters. The van der Waals surface area contributed by atoms with E-state index in [1.807, 2.05) is 54.5 Å². The number of likely N-dealkylation sites (tertiary alicyclic amines) is 1. The average Bonchev–Trinajstić information content (AvgIpc) is 3.25. The van der Waals surface area contributed by atoms with Crippen molar-refractivity contribution in [2.45, 2.75) is 19.0 Å².